The zero-order valence-corrected chi connectivity index (χ0v) is 8.24. The van der Waals surface area contributed by atoms with Gasteiger partial charge in [-0.05, 0) is 28.1 Å². The van der Waals surface area contributed by atoms with E-state index in [1.165, 1.54) is 13.2 Å². The Bertz CT molecular complexity index is 315. The van der Waals surface area contributed by atoms with E-state index in [1.54, 1.807) is 0 Å². The van der Waals surface area contributed by atoms with Gasteiger partial charge in [-0.1, -0.05) is 0 Å². The minimum absolute atomic E-state index is 0.157. The van der Waals surface area contributed by atoms with Crippen LogP contribution in [0, 0.1) is 5.82 Å². The van der Waals surface area contributed by atoms with Crippen LogP contribution in [0.3, 0.4) is 0 Å². The fourth-order valence-corrected chi connectivity index (χ4v) is 1.47. The molecular formula is C8H6BrF3O. The first-order valence-corrected chi connectivity index (χ1v) is 4.17. The van der Waals surface area contributed by atoms with Gasteiger partial charge in [-0.3, -0.25) is 0 Å². The van der Waals surface area contributed by atoms with Crippen LogP contribution >= 0.6 is 15.9 Å². The van der Waals surface area contributed by atoms with Gasteiger partial charge in [0.15, 0.2) is 0 Å². The van der Waals surface area contributed by atoms with Crippen molar-refractivity contribution in [1.82, 2.24) is 0 Å². The van der Waals surface area contributed by atoms with E-state index < -0.39 is 17.8 Å². The average Bonchev–Trinajstić information content (AvgIpc) is 2.07. The summed E-state index contributed by atoms with van der Waals surface area (Å²) in [5.41, 5.74) is -0.711. The fraction of sp³-hybridized carbons (Fsp3) is 0.250. The molecule has 0 aliphatic heterocycles. The number of rotatable bonds is 2. The van der Waals surface area contributed by atoms with Gasteiger partial charge in [0.05, 0.1) is 17.1 Å². The predicted molar refractivity (Wildman–Crippen MR) is 45.6 cm³/mol. The minimum Gasteiger partial charge on any atom is -0.495 e. The van der Waals surface area contributed by atoms with Gasteiger partial charge in [-0.25, -0.2) is 13.2 Å². The molecule has 0 atom stereocenters. The number of alkyl halides is 2. The third kappa shape index (κ3) is 1.96. The molecule has 0 radical (unpaired) electrons. The number of halogens is 4. The Kier molecular flexibility index (Phi) is 3.19. The molecule has 0 aliphatic rings. The Morgan fingerprint density at radius 2 is 2.00 bits per heavy atom. The molecule has 0 unspecified atom stereocenters. The summed E-state index contributed by atoms with van der Waals surface area (Å²) in [4.78, 5) is 0. The van der Waals surface area contributed by atoms with Crippen LogP contribution in [0.5, 0.6) is 5.75 Å². The zero-order chi connectivity index (χ0) is 10.0. The molecule has 0 spiro atoms. The number of methoxy groups -OCH3 is 1. The van der Waals surface area contributed by atoms with Crippen LogP contribution in [-0.2, 0) is 0 Å². The Morgan fingerprint density at radius 1 is 1.38 bits per heavy atom. The second-order valence-corrected chi connectivity index (χ2v) is 3.13. The summed E-state index contributed by atoms with van der Waals surface area (Å²) in [6.45, 7) is 0. The lowest BCUT2D eigenvalue weighted by atomic mass is 10.2. The van der Waals surface area contributed by atoms with Crippen molar-refractivity contribution in [3.8, 4) is 5.75 Å². The maximum Gasteiger partial charge on any atom is 0.270 e. The van der Waals surface area contributed by atoms with E-state index in [4.69, 9.17) is 0 Å². The lowest BCUT2D eigenvalue weighted by molar-refractivity contribution is 0.141. The van der Waals surface area contributed by atoms with E-state index in [1.807, 2.05) is 0 Å². The predicted octanol–water partition coefficient (Wildman–Crippen LogP) is 3.53. The lowest BCUT2D eigenvalue weighted by Crippen LogP contribution is -1.97. The standard InChI is InChI=1S/C8H6BrF3O/c1-13-7-4(9)2-3-5(10)6(7)8(11)12/h2-3,8H,1H3. The molecule has 0 fully saturated rings. The maximum atomic E-state index is 12.9. The number of hydrogen-bond acceptors (Lipinski definition) is 1. The highest BCUT2D eigenvalue weighted by atomic mass is 79.9. The number of ether oxygens (including phenoxy) is 1. The van der Waals surface area contributed by atoms with Gasteiger partial charge in [0.2, 0.25) is 0 Å². The summed E-state index contributed by atoms with van der Waals surface area (Å²) in [6.07, 6.45) is -2.88. The molecule has 0 bridgehead atoms. The van der Waals surface area contributed by atoms with E-state index in [2.05, 4.69) is 20.7 Å². The van der Waals surface area contributed by atoms with E-state index >= 15 is 0 Å². The molecule has 0 saturated heterocycles. The molecule has 13 heavy (non-hydrogen) atoms. The molecule has 0 N–H and O–H groups in total. The molecule has 5 heteroatoms. The van der Waals surface area contributed by atoms with Crippen LogP contribution in [-0.4, -0.2) is 7.11 Å². The lowest BCUT2D eigenvalue weighted by Gasteiger charge is -2.09. The Balaban J connectivity index is 3.35. The van der Waals surface area contributed by atoms with Crippen molar-refractivity contribution >= 4 is 15.9 Å². The highest BCUT2D eigenvalue weighted by Gasteiger charge is 2.21. The topological polar surface area (TPSA) is 9.23 Å². The van der Waals surface area contributed by atoms with Crippen LogP contribution in [0.4, 0.5) is 13.2 Å². The fourth-order valence-electron chi connectivity index (χ4n) is 0.960. The van der Waals surface area contributed by atoms with E-state index in [0.29, 0.717) is 4.47 Å². The van der Waals surface area contributed by atoms with E-state index in [9.17, 15) is 13.2 Å². The van der Waals surface area contributed by atoms with Crippen LogP contribution in [0.25, 0.3) is 0 Å². The summed E-state index contributed by atoms with van der Waals surface area (Å²) in [6, 6.07) is 2.29. The van der Waals surface area contributed by atoms with Gasteiger partial charge in [-0.2, -0.15) is 0 Å². The third-order valence-electron chi connectivity index (χ3n) is 1.52. The normalized spacial score (nSPS) is 10.6. The molecular weight excluding hydrogens is 249 g/mol. The summed E-state index contributed by atoms with van der Waals surface area (Å²) < 4.78 is 42.5. The first-order chi connectivity index (χ1) is 6.07. The summed E-state index contributed by atoms with van der Waals surface area (Å²) in [5.74, 6) is -1.12. The Labute approximate surface area is 81.6 Å². The Hall–Kier alpha value is -0.710. The van der Waals surface area contributed by atoms with Crippen LogP contribution in [0.15, 0.2) is 16.6 Å². The first-order valence-electron chi connectivity index (χ1n) is 3.38. The van der Waals surface area contributed by atoms with Gasteiger partial charge in [0.1, 0.15) is 11.6 Å². The monoisotopic (exact) mass is 254 g/mol. The molecule has 0 heterocycles. The smallest absolute Gasteiger partial charge is 0.270 e. The molecule has 0 aliphatic carbocycles. The van der Waals surface area contributed by atoms with E-state index in [-0.39, 0.29) is 5.75 Å². The SMILES string of the molecule is COc1c(Br)ccc(F)c1C(F)F. The molecule has 0 aromatic heterocycles. The zero-order valence-electron chi connectivity index (χ0n) is 6.65. The molecule has 1 nitrogen and oxygen atoms in total. The van der Waals surface area contributed by atoms with Crippen LogP contribution < -0.4 is 4.74 Å². The van der Waals surface area contributed by atoms with Crippen molar-refractivity contribution in [2.45, 2.75) is 6.43 Å². The molecule has 1 rings (SSSR count). The van der Waals surface area contributed by atoms with Crippen molar-refractivity contribution in [3.63, 3.8) is 0 Å². The van der Waals surface area contributed by atoms with Crippen molar-refractivity contribution in [1.29, 1.82) is 0 Å². The summed E-state index contributed by atoms with van der Waals surface area (Å²) in [5, 5.41) is 0. The van der Waals surface area contributed by atoms with E-state index in [0.717, 1.165) is 6.07 Å². The average molecular weight is 255 g/mol. The van der Waals surface area contributed by atoms with Gasteiger partial charge in [-0.15, -0.1) is 0 Å². The minimum atomic E-state index is -2.88. The molecule has 0 saturated carbocycles. The number of benzene rings is 1. The summed E-state index contributed by atoms with van der Waals surface area (Å²) in [7, 11) is 1.21. The van der Waals surface area contributed by atoms with Crippen molar-refractivity contribution in [2.75, 3.05) is 7.11 Å². The highest BCUT2D eigenvalue weighted by Crippen LogP contribution is 2.36. The van der Waals surface area contributed by atoms with Crippen molar-refractivity contribution in [2.24, 2.45) is 0 Å². The van der Waals surface area contributed by atoms with Gasteiger partial charge in [0.25, 0.3) is 6.43 Å². The summed E-state index contributed by atoms with van der Waals surface area (Å²) >= 11 is 2.98. The highest BCUT2D eigenvalue weighted by molar-refractivity contribution is 9.10. The second kappa shape index (κ2) is 4.00. The quantitative estimate of drug-likeness (QED) is 0.785. The maximum absolute atomic E-state index is 12.9. The molecule has 72 valence electrons. The van der Waals surface area contributed by atoms with Gasteiger partial charge in [0, 0.05) is 0 Å². The second-order valence-electron chi connectivity index (χ2n) is 2.28. The molecule has 1 aromatic rings. The molecule has 0 amide bonds. The molecule has 1 aromatic carbocycles. The van der Waals surface area contributed by atoms with Crippen LogP contribution in [0.2, 0.25) is 0 Å². The third-order valence-corrected chi connectivity index (χ3v) is 2.14. The largest absolute Gasteiger partial charge is 0.495 e. The van der Waals surface area contributed by atoms with Crippen molar-refractivity contribution in [3.05, 3.63) is 28.0 Å². The number of hydrogen-bond donors (Lipinski definition) is 0. The van der Waals surface area contributed by atoms with Crippen molar-refractivity contribution < 1.29 is 17.9 Å². The van der Waals surface area contributed by atoms with Gasteiger partial charge >= 0.3 is 0 Å². The van der Waals surface area contributed by atoms with Gasteiger partial charge < -0.3 is 4.74 Å². The van der Waals surface area contributed by atoms with Crippen LogP contribution in [0.1, 0.15) is 12.0 Å². The first kappa shape index (κ1) is 10.4. The Morgan fingerprint density at radius 3 is 2.38 bits per heavy atom.